The number of rotatable bonds is 2. The van der Waals surface area contributed by atoms with E-state index in [1.807, 2.05) is 37.8 Å². The van der Waals surface area contributed by atoms with Gasteiger partial charge in [-0.2, -0.15) is 0 Å². The molecule has 0 aromatic heterocycles. The molecule has 0 spiro atoms. The van der Waals surface area contributed by atoms with Gasteiger partial charge < -0.3 is 10.6 Å². The minimum Gasteiger partial charge on any atom is -0.397 e. The summed E-state index contributed by atoms with van der Waals surface area (Å²) in [6, 6.07) is 5.87. The summed E-state index contributed by atoms with van der Waals surface area (Å²) < 4.78 is 0. The summed E-state index contributed by atoms with van der Waals surface area (Å²) >= 11 is 0. The molecule has 92 valence electrons. The number of carbonyl (C=O) groups is 1. The fraction of sp³-hybridized carbons (Fsp3) is 0.500. The minimum atomic E-state index is -0.316. The number of fused-ring (bicyclic) bond motifs is 1. The Morgan fingerprint density at radius 3 is 2.82 bits per heavy atom. The maximum Gasteiger partial charge on any atom is 0.232 e. The first kappa shape index (κ1) is 12.0. The molecule has 0 radical (unpaired) electrons. The SMILES string of the molecule is CCC(C)(C)C(=O)N1CCc2cccc(N)c21. The van der Waals surface area contributed by atoms with Crippen LogP contribution in [0, 0.1) is 5.41 Å². The number of nitrogen functional groups attached to an aromatic ring is 1. The number of para-hydroxylation sites is 1. The first-order chi connectivity index (χ1) is 7.97. The van der Waals surface area contributed by atoms with Crippen LogP contribution in [0.3, 0.4) is 0 Å². The van der Waals surface area contributed by atoms with Crippen molar-refractivity contribution in [3.05, 3.63) is 23.8 Å². The Labute approximate surface area is 103 Å². The molecule has 0 atom stereocenters. The normalized spacial score (nSPS) is 14.9. The van der Waals surface area contributed by atoms with Crippen molar-refractivity contribution in [3.8, 4) is 0 Å². The van der Waals surface area contributed by atoms with Crippen molar-refractivity contribution < 1.29 is 4.79 Å². The fourth-order valence-electron chi connectivity index (χ4n) is 2.21. The Bertz CT molecular complexity index is 452. The van der Waals surface area contributed by atoms with Gasteiger partial charge in [-0.1, -0.05) is 32.9 Å². The van der Waals surface area contributed by atoms with Crippen molar-refractivity contribution in [1.82, 2.24) is 0 Å². The molecule has 1 aromatic rings. The summed E-state index contributed by atoms with van der Waals surface area (Å²) in [5.74, 6) is 0.177. The zero-order chi connectivity index (χ0) is 12.6. The van der Waals surface area contributed by atoms with Crippen LogP contribution in [-0.4, -0.2) is 12.5 Å². The van der Waals surface area contributed by atoms with E-state index in [0.717, 1.165) is 25.1 Å². The van der Waals surface area contributed by atoms with Gasteiger partial charge in [-0.05, 0) is 24.5 Å². The summed E-state index contributed by atoms with van der Waals surface area (Å²) in [5, 5.41) is 0. The molecule has 1 aromatic carbocycles. The lowest BCUT2D eigenvalue weighted by Crippen LogP contribution is -2.40. The molecule has 1 heterocycles. The van der Waals surface area contributed by atoms with Crippen LogP contribution in [0.15, 0.2) is 18.2 Å². The van der Waals surface area contributed by atoms with Crippen LogP contribution in [0.5, 0.6) is 0 Å². The predicted octanol–water partition coefficient (Wildman–Crippen LogP) is 2.59. The van der Waals surface area contributed by atoms with E-state index in [0.29, 0.717) is 5.69 Å². The zero-order valence-corrected chi connectivity index (χ0v) is 10.8. The van der Waals surface area contributed by atoms with Gasteiger partial charge in [-0.3, -0.25) is 4.79 Å². The molecule has 17 heavy (non-hydrogen) atoms. The Morgan fingerprint density at radius 2 is 2.18 bits per heavy atom. The lowest BCUT2D eigenvalue weighted by atomic mass is 9.88. The molecular weight excluding hydrogens is 212 g/mol. The molecule has 0 bridgehead atoms. The first-order valence-corrected chi connectivity index (χ1v) is 6.16. The molecule has 0 saturated carbocycles. The largest absolute Gasteiger partial charge is 0.397 e. The van der Waals surface area contributed by atoms with E-state index < -0.39 is 0 Å². The van der Waals surface area contributed by atoms with Crippen LogP contribution >= 0.6 is 0 Å². The van der Waals surface area contributed by atoms with Gasteiger partial charge in [0.1, 0.15) is 0 Å². The highest BCUT2D eigenvalue weighted by Crippen LogP contribution is 2.37. The van der Waals surface area contributed by atoms with Crippen molar-refractivity contribution in [2.75, 3.05) is 17.2 Å². The van der Waals surface area contributed by atoms with Crippen LogP contribution in [0.4, 0.5) is 11.4 Å². The summed E-state index contributed by atoms with van der Waals surface area (Å²) in [5.41, 5.74) is 8.50. The third kappa shape index (κ3) is 1.90. The van der Waals surface area contributed by atoms with Crippen molar-refractivity contribution in [3.63, 3.8) is 0 Å². The maximum absolute atomic E-state index is 12.5. The topological polar surface area (TPSA) is 46.3 Å². The Morgan fingerprint density at radius 1 is 1.47 bits per heavy atom. The Hall–Kier alpha value is -1.51. The van der Waals surface area contributed by atoms with Crippen molar-refractivity contribution >= 4 is 17.3 Å². The molecule has 3 nitrogen and oxygen atoms in total. The molecular formula is C14H20N2O. The van der Waals surface area contributed by atoms with Gasteiger partial charge >= 0.3 is 0 Å². The first-order valence-electron chi connectivity index (χ1n) is 6.16. The number of nitrogens with two attached hydrogens (primary N) is 1. The Kier molecular flexibility index (Phi) is 2.86. The van der Waals surface area contributed by atoms with E-state index >= 15 is 0 Å². The molecule has 1 aliphatic heterocycles. The molecule has 0 fully saturated rings. The number of carbonyl (C=O) groups excluding carboxylic acids is 1. The summed E-state index contributed by atoms with van der Waals surface area (Å²) in [6.07, 6.45) is 1.75. The van der Waals surface area contributed by atoms with E-state index in [1.165, 1.54) is 5.56 Å². The third-order valence-corrected chi connectivity index (χ3v) is 3.73. The lowest BCUT2D eigenvalue weighted by Gasteiger charge is -2.29. The number of anilines is 2. The van der Waals surface area contributed by atoms with Crippen molar-refractivity contribution in [2.24, 2.45) is 5.41 Å². The molecule has 0 unspecified atom stereocenters. The molecule has 2 rings (SSSR count). The number of amides is 1. The van der Waals surface area contributed by atoms with Gasteiger partial charge in [-0.25, -0.2) is 0 Å². The second kappa shape index (κ2) is 4.06. The molecule has 1 aliphatic rings. The number of benzene rings is 1. The summed E-state index contributed by atoms with van der Waals surface area (Å²) in [4.78, 5) is 14.3. The van der Waals surface area contributed by atoms with Crippen LogP contribution in [0.1, 0.15) is 32.8 Å². The van der Waals surface area contributed by atoms with Crippen LogP contribution in [-0.2, 0) is 11.2 Å². The van der Waals surface area contributed by atoms with E-state index in [2.05, 4.69) is 6.07 Å². The summed E-state index contributed by atoms with van der Waals surface area (Å²) in [7, 11) is 0. The second-order valence-electron chi connectivity index (χ2n) is 5.30. The van der Waals surface area contributed by atoms with Gasteiger partial charge in [0, 0.05) is 12.0 Å². The molecule has 2 N–H and O–H groups in total. The minimum absolute atomic E-state index is 0.177. The highest BCUT2D eigenvalue weighted by Gasteiger charge is 2.35. The number of hydrogen-bond acceptors (Lipinski definition) is 2. The van der Waals surface area contributed by atoms with Gasteiger partial charge in [0.2, 0.25) is 5.91 Å². The van der Waals surface area contributed by atoms with E-state index in [4.69, 9.17) is 5.73 Å². The van der Waals surface area contributed by atoms with E-state index in [9.17, 15) is 4.79 Å². The molecule has 1 amide bonds. The fourth-order valence-corrected chi connectivity index (χ4v) is 2.21. The van der Waals surface area contributed by atoms with Crippen LogP contribution in [0.25, 0.3) is 0 Å². The highest BCUT2D eigenvalue weighted by molar-refractivity contribution is 6.01. The molecule has 0 aliphatic carbocycles. The van der Waals surface area contributed by atoms with Crippen LogP contribution in [0.2, 0.25) is 0 Å². The average molecular weight is 232 g/mol. The Balaban J connectivity index is 2.38. The average Bonchev–Trinajstić information content (AvgIpc) is 2.73. The number of nitrogens with zero attached hydrogens (tertiary/aromatic N) is 1. The van der Waals surface area contributed by atoms with E-state index in [1.54, 1.807) is 0 Å². The van der Waals surface area contributed by atoms with Gasteiger partial charge in [0.05, 0.1) is 11.4 Å². The predicted molar refractivity (Wildman–Crippen MR) is 71.0 cm³/mol. The number of hydrogen-bond donors (Lipinski definition) is 1. The van der Waals surface area contributed by atoms with Gasteiger partial charge in [0.15, 0.2) is 0 Å². The maximum atomic E-state index is 12.5. The van der Waals surface area contributed by atoms with Gasteiger partial charge in [-0.15, -0.1) is 0 Å². The van der Waals surface area contributed by atoms with E-state index in [-0.39, 0.29) is 11.3 Å². The molecule has 3 heteroatoms. The zero-order valence-electron chi connectivity index (χ0n) is 10.8. The van der Waals surface area contributed by atoms with Crippen molar-refractivity contribution in [1.29, 1.82) is 0 Å². The molecule has 0 saturated heterocycles. The third-order valence-electron chi connectivity index (χ3n) is 3.73. The highest BCUT2D eigenvalue weighted by atomic mass is 16.2. The lowest BCUT2D eigenvalue weighted by molar-refractivity contribution is -0.126. The van der Waals surface area contributed by atoms with Crippen LogP contribution < -0.4 is 10.6 Å². The second-order valence-corrected chi connectivity index (χ2v) is 5.30. The standard InChI is InChI=1S/C14H20N2O/c1-4-14(2,3)13(17)16-9-8-10-6-5-7-11(15)12(10)16/h5-7H,4,8-9,15H2,1-3H3. The quantitative estimate of drug-likeness (QED) is 0.797. The smallest absolute Gasteiger partial charge is 0.232 e. The van der Waals surface area contributed by atoms with Crippen molar-refractivity contribution in [2.45, 2.75) is 33.6 Å². The van der Waals surface area contributed by atoms with Gasteiger partial charge in [0.25, 0.3) is 0 Å². The summed E-state index contributed by atoms with van der Waals surface area (Å²) in [6.45, 7) is 6.79. The monoisotopic (exact) mass is 232 g/mol.